The summed E-state index contributed by atoms with van der Waals surface area (Å²) in [5.41, 5.74) is 2.75. The second kappa shape index (κ2) is 5.59. The van der Waals surface area contributed by atoms with E-state index >= 15 is 0 Å². The van der Waals surface area contributed by atoms with Crippen LogP contribution in [0.1, 0.15) is 18.9 Å². The molecule has 0 bridgehead atoms. The number of hydrogen-bond acceptors (Lipinski definition) is 1. The van der Waals surface area contributed by atoms with E-state index in [1.807, 2.05) is 6.08 Å². The number of allylic oxidation sites excluding steroid dienone is 1. The highest BCUT2D eigenvalue weighted by atomic mass is 15.1. The Morgan fingerprint density at radius 1 is 1.33 bits per heavy atom. The molecule has 15 heavy (non-hydrogen) atoms. The van der Waals surface area contributed by atoms with E-state index in [-0.39, 0.29) is 0 Å². The molecule has 1 rings (SSSR count). The van der Waals surface area contributed by atoms with Crippen LogP contribution in [0.15, 0.2) is 36.9 Å². The van der Waals surface area contributed by atoms with Gasteiger partial charge in [0.15, 0.2) is 0 Å². The first-order chi connectivity index (χ1) is 7.15. The van der Waals surface area contributed by atoms with Crippen LogP contribution < -0.4 is 4.90 Å². The molecule has 0 aromatic heterocycles. The normalized spacial score (nSPS) is 12.2. The molecule has 1 aromatic rings. The molecule has 0 N–H and O–H groups in total. The van der Waals surface area contributed by atoms with Gasteiger partial charge in [0.2, 0.25) is 0 Å². The molecule has 1 nitrogen and oxygen atoms in total. The smallest absolute Gasteiger partial charge is 0.0393 e. The van der Waals surface area contributed by atoms with Gasteiger partial charge in [0.05, 0.1) is 0 Å². The average Bonchev–Trinajstić information content (AvgIpc) is 2.26. The molecular formula is C14H21N. The van der Waals surface area contributed by atoms with Crippen LogP contribution in [-0.4, -0.2) is 14.1 Å². The lowest BCUT2D eigenvalue weighted by atomic mass is 10.00. The van der Waals surface area contributed by atoms with Crippen molar-refractivity contribution in [2.75, 3.05) is 19.0 Å². The molecule has 0 aliphatic rings. The highest BCUT2D eigenvalue weighted by Crippen LogP contribution is 2.21. The summed E-state index contributed by atoms with van der Waals surface area (Å²) >= 11 is 0. The second-order valence-electron chi connectivity index (χ2n) is 4.27. The van der Waals surface area contributed by atoms with Crippen molar-refractivity contribution in [2.45, 2.75) is 19.8 Å². The largest absolute Gasteiger partial charge is 0.377 e. The average molecular weight is 203 g/mol. The summed E-state index contributed by atoms with van der Waals surface area (Å²) in [5, 5.41) is 0. The fraction of sp³-hybridized carbons (Fsp3) is 0.429. The van der Waals surface area contributed by atoms with E-state index in [0.717, 1.165) is 6.42 Å². The maximum Gasteiger partial charge on any atom is 0.0393 e. The lowest BCUT2D eigenvalue weighted by Crippen LogP contribution is -2.11. The van der Waals surface area contributed by atoms with Gasteiger partial charge in [-0.2, -0.15) is 0 Å². The number of benzene rings is 1. The molecule has 1 atom stereocenters. The first-order valence-corrected chi connectivity index (χ1v) is 5.53. The van der Waals surface area contributed by atoms with E-state index in [1.165, 1.54) is 17.7 Å². The van der Waals surface area contributed by atoms with Gasteiger partial charge in [-0.25, -0.2) is 0 Å². The molecule has 1 heteroatoms. The van der Waals surface area contributed by atoms with Crippen LogP contribution in [0, 0.1) is 5.92 Å². The Labute approximate surface area is 93.4 Å². The third-order valence-corrected chi connectivity index (χ3v) is 2.74. The lowest BCUT2D eigenvalue weighted by molar-refractivity contribution is 0.649. The first kappa shape index (κ1) is 11.8. The molecule has 0 radical (unpaired) electrons. The molecule has 0 amide bonds. The van der Waals surface area contributed by atoms with Gasteiger partial charge in [-0.3, -0.25) is 0 Å². The van der Waals surface area contributed by atoms with Crippen molar-refractivity contribution >= 4 is 5.69 Å². The monoisotopic (exact) mass is 203 g/mol. The zero-order chi connectivity index (χ0) is 11.3. The molecule has 1 aromatic carbocycles. The summed E-state index contributed by atoms with van der Waals surface area (Å²) < 4.78 is 0. The van der Waals surface area contributed by atoms with E-state index in [4.69, 9.17) is 0 Å². The third-order valence-electron chi connectivity index (χ3n) is 2.74. The van der Waals surface area contributed by atoms with Gasteiger partial charge in [0.1, 0.15) is 0 Å². The Balaban J connectivity index is 2.71. The van der Waals surface area contributed by atoms with Crippen molar-refractivity contribution in [1.82, 2.24) is 0 Å². The summed E-state index contributed by atoms with van der Waals surface area (Å²) in [6, 6.07) is 8.59. The predicted octanol–water partition coefficient (Wildman–Crippen LogP) is 3.51. The zero-order valence-corrected chi connectivity index (χ0v) is 10.0. The fourth-order valence-electron chi connectivity index (χ4n) is 1.66. The summed E-state index contributed by atoms with van der Waals surface area (Å²) in [4.78, 5) is 2.17. The highest BCUT2D eigenvalue weighted by Gasteiger charge is 2.04. The number of nitrogens with zero attached hydrogens (tertiary/aromatic N) is 1. The summed E-state index contributed by atoms with van der Waals surface area (Å²) in [6.45, 7) is 6.03. The molecule has 82 valence electrons. The van der Waals surface area contributed by atoms with Crippen LogP contribution in [0.25, 0.3) is 0 Å². The maximum atomic E-state index is 3.82. The van der Waals surface area contributed by atoms with Gasteiger partial charge in [-0.1, -0.05) is 31.2 Å². The minimum atomic E-state index is 0.597. The van der Waals surface area contributed by atoms with Gasteiger partial charge in [-0.15, -0.1) is 6.58 Å². The van der Waals surface area contributed by atoms with E-state index in [1.54, 1.807) is 0 Å². The molecule has 0 aliphatic carbocycles. The Bertz CT molecular complexity index is 315. The molecule has 0 spiro atoms. The number of hydrogen-bond donors (Lipinski definition) is 0. The lowest BCUT2D eigenvalue weighted by Gasteiger charge is -2.17. The summed E-state index contributed by atoms with van der Waals surface area (Å²) in [6.07, 6.45) is 4.33. The van der Waals surface area contributed by atoms with Gasteiger partial charge in [-0.05, 0) is 30.4 Å². The Morgan fingerprint density at radius 2 is 2.00 bits per heavy atom. The quantitative estimate of drug-likeness (QED) is 0.662. The molecule has 1 unspecified atom stereocenters. The van der Waals surface area contributed by atoms with Gasteiger partial charge in [0, 0.05) is 19.8 Å². The summed E-state index contributed by atoms with van der Waals surface area (Å²) in [5.74, 6) is 0.597. The van der Waals surface area contributed by atoms with Crippen LogP contribution in [0.5, 0.6) is 0 Å². The zero-order valence-electron chi connectivity index (χ0n) is 10.0. The Kier molecular flexibility index (Phi) is 4.41. The number of rotatable bonds is 5. The number of aryl methyl sites for hydroxylation is 1. The highest BCUT2D eigenvalue weighted by molar-refractivity contribution is 5.52. The van der Waals surface area contributed by atoms with Crippen molar-refractivity contribution in [2.24, 2.45) is 5.92 Å². The molecule has 0 aliphatic heterocycles. The van der Waals surface area contributed by atoms with Crippen molar-refractivity contribution in [3.05, 3.63) is 42.5 Å². The molecule has 0 heterocycles. The van der Waals surface area contributed by atoms with Gasteiger partial charge >= 0.3 is 0 Å². The third kappa shape index (κ3) is 3.43. The molecule has 0 fully saturated rings. The number of anilines is 1. The Morgan fingerprint density at radius 3 is 2.60 bits per heavy atom. The molecular weight excluding hydrogens is 182 g/mol. The van der Waals surface area contributed by atoms with Crippen LogP contribution in [0.4, 0.5) is 5.69 Å². The van der Waals surface area contributed by atoms with E-state index in [2.05, 4.69) is 56.8 Å². The van der Waals surface area contributed by atoms with Crippen molar-refractivity contribution in [3.8, 4) is 0 Å². The molecule has 0 saturated carbocycles. The van der Waals surface area contributed by atoms with Crippen molar-refractivity contribution < 1.29 is 0 Å². The van der Waals surface area contributed by atoms with Gasteiger partial charge in [0.25, 0.3) is 0 Å². The van der Waals surface area contributed by atoms with E-state index in [9.17, 15) is 0 Å². The first-order valence-electron chi connectivity index (χ1n) is 5.53. The van der Waals surface area contributed by atoms with Crippen molar-refractivity contribution in [1.29, 1.82) is 0 Å². The van der Waals surface area contributed by atoms with Crippen LogP contribution >= 0.6 is 0 Å². The van der Waals surface area contributed by atoms with Crippen LogP contribution in [0.3, 0.4) is 0 Å². The Hall–Kier alpha value is -1.24. The van der Waals surface area contributed by atoms with E-state index < -0.39 is 0 Å². The minimum Gasteiger partial charge on any atom is -0.377 e. The summed E-state index contributed by atoms with van der Waals surface area (Å²) in [7, 11) is 4.19. The molecule has 0 saturated heterocycles. The standard InChI is InChI=1S/C14H21N/c1-5-12(2)10-11-13-8-6-7-9-14(13)15(3)4/h5-9,12H,1,10-11H2,2-4H3. The van der Waals surface area contributed by atoms with Crippen LogP contribution in [0.2, 0.25) is 0 Å². The van der Waals surface area contributed by atoms with E-state index in [0.29, 0.717) is 5.92 Å². The SMILES string of the molecule is C=CC(C)CCc1ccccc1N(C)C. The fourth-order valence-corrected chi connectivity index (χ4v) is 1.66. The second-order valence-corrected chi connectivity index (χ2v) is 4.27. The minimum absolute atomic E-state index is 0.597. The number of para-hydroxylation sites is 1. The predicted molar refractivity (Wildman–Crippen MR) is 68.5 cm³/mol. The van der Waals surface area contributed by atoms with Crippen LogP contribution in [-0.2, 0) is 6.42 Å². The topological polar surface area (TPSA) is 3.24 Å². The van der Waals surface area contributed by atoms with Crippen molar-refractivity contribution in [3.63, 3.8) is 0 Å². The maximum absolute atomic E-state index is 3.82. The van der Waals surface area contributed by atoms with Gasteiger partial charge < -0.3 is 4.90 Å².